The topological polar surface area (TPSA) is 32.5 Å². The normalized spacial score (nSPS) is 33.1. The summed E-state index contributed by atoms with van der Waals surface area (Å²) in [4.78, 5) is 5.22. The van der Waals surface area contributed by atoms with Gasteiger partial charge in [0, 0.05) is 44.8 Å². The summed E-state index contributed by atoms with van der Waals surface area (Å²) in [7, 11) is 0. The van der Waals surface area contributed by atoms with Crippen LogP contribution in [0.4, 0.5) is 0 Å². The van der Waals surface area contributed by atoms with E-state index in [0.717, 1.165) is 12.5 Å². The molecule has 3 heteroatoms. The zero-order valence-corrected chi connectivity index (χ0v) is 11.3. The molecule has 3 unspecified atom stereocenters. The third-order valence-corrected chi connectivity index (χ3v) is 4.32. The van der Waals surface area contributed by atoms with Crippen LogP contribution in [-0.4, -0.2) is 54.6 Å². The minimum Gasteiger partial charge on any atom is -0.324 e. The molecule has 0 radical (unpaired) electrons. The lowest BCUT2D eigenvalue weighted by Crippen LogP contribution is -2.50. The highest BCUT2D eigenvalue weighted by atomic mass is 15.3. The molecule has 1 aliphatic carbocycles. The van der Waals surface area contributed by atoms with Crippen molar-refractivity contribution in [3.63, 3.8) is 0 Å². The molecular weight excluding hydrogens is 210 g/mol. The van der Waals surface area contributed by atoms with Gasteiger partial charge in [-0.05, 0) is 25.7 Å². The first-order chi connectivity index (χ1) is 8.19. The maximum atomic E-state index is 5.90. The van der Waals surface area contributed by atoms with Crippen LogP contribution in [0.1, 0.15) is 26.7 Å². The van der Waals surface area contributed by atoms with Crippen molar-refractivity contribution >= 4 is 0 Å². The van der Waals surface area contributed by atoms with Crippen LogP contribution in [0.15, 0.2) is 12.2 Å². The van der Waals surface area contributed by atoms with Crippen LogP contribution in [0.3, 0.4) is 0 Å². The van der Waals surface area contributed by atoms with E-state index in [1.165, 1.54) is 39.1 Å². The van der Waals surface area contributed by atoms with E-state index in [1.54, 1.807) is 0 Å². The lowest BCUT2D eigenvalue weighted by molar-refractivity contribution is 0.0939. The van der Waals surface area contributed by atoms with Crippen LogP contribution in [0.5, 0.6) is 0 Å². The average Bonchev–Trinajstić information content (AvgIpc) is 2.75. The van der Waals surface area contributed by atoms with E-state index in [2.05, 4.69) is 35.8 Å². The lowest BCUT2D eigenvalue weighted by Gasteiger charge is -2.38. The van der Waals surface area contributed by atoms with Crippen LogP contribution >= 0.6 is 0 Å². The van der Waals surface area contributed by atoms with E-state index >= 15 is 0 Å². The molecule has 0 saturated carbocycles. The van der Waals surface area contributed by atoms with Crippen molar-refractivity contribution in [1.82, 2.24) is 9.80 Å². The second kappa shape index (κ2) is 5.98. The SMILES string of the molecule is CCC(C)N1CCN(CC2C=CC(N)C2)CC1. The summed E-state index contributed by atoms with van der Waals surface area (Å²) in [5.74, 6) is 0.695. The van der Waals surface area contributed by atoms with Crippen molar-refractivity contribution < 1.29 is 0 Å². The fraction of sp³-hybridized carbons (Fsp3) is 0.857. The standard InChI is InChI=1S/C14H27N3/c1-3-12(2)17-8-6-16(7-9-17)11-13-4-5-14(15)10-13/h4-5,12-14H,3,6-11,15H2,1-2H3. The molecule has 2 N–H and O–H groups in total. The van der Waals surface area contributed by atoms with Crippen LogP contribution in [0, 0.1) is 5.92 Å². The van der Waals surface area contributed by atoms with E-state index in [4.69, 9.17) is 5.73 Å². The summed E-state index contributed by atoms with van der Waals surface area (Å²) < 4.78 is 0. The molecule has 0 aromatic carbocycles. The summed E-state index contributed by atoms with van der Waals surface area (Å²) in [6.07, 6.45) is 6.89. The molecule has 98 valence electrons. The zero-order valence-electron chi connectivity index (χ0n) is 11.3. The first-order valence-corrected chi connectivity index (χ1v) is 7.09. The average molecular weight is 237 g/mol. The van der Waals surface area contributed by atoms with Gasteiger partial charge in [0.25, 0.3) is 0 Å². The number of piperazine rings is 1. The molecule has 3 atom stereocenters. The van der Waals surface area contributed by atoms with Gasteiger partial charge >= 0.3 is 0 Å². The van der Waals surface area contributed by atoms with Gasteiger partial charge in [-0.25, -0.2) is 0 Å². The predicted octanol–water partition coefficient (Wildman–Crippen LogP) is 1.31. The highest BCUT2D eigenvalue weighted by molar-refractivity contribution is 5.05. The van der Waals surface area contributed by atoms with Crippen molar-refractivity contribution in [1.29, 1.82) is 0 Å². The summed E-state index contributed by atoms with van der Waals surface area (Å²) in [6.45, 7) is 10.7. The Hall–Kier alpha value is -0.380. The van der Waals surface area contributed by atoms with Crippen molar-refractivity contribution in [2.24, 2.45) is 11.7 Å². The summed E-state index contributed by atoms with van der Waals surface area (Å²) in [6, 6.07) is 1.05. The van der Waals surface area contributed by atoms with Gasteiger partial charge in [-0.2, -0.15) is 0 Å². The van der Waals surface area contributed by atoms with Gasteiger partial charge in [-0.15, -0.1) is 0 Å². The Labute approximate surface area is 106 Å². The molecule has 0 amide bonds. The molecule has 0 aromatic heterocycles. The second-order valence-corrected chi connectivity index (χ2v) is 5.64. The molecule has 1 heterocycles. The Kier molecular flexibility index (Phi) is 4.60. The molecule has 0 aromatic rings. The molecule has 0 spiro atoms. The molecule has 2 rings (SSSR count). The van der Waals surface area contributed by atoms with Gasteiger partial charge in [-0.3, -0.25) is 4.90 Å². The number of hydrogen-bond donors (Lipinski definition) is 1. The highest BCUT2D eigenvalue weighted by Crippen LogP contribution is 2.19. The summed E-state index contributed by atoms with van der Waals surface area (Å²) in [5, 5.41) is 0. The minimum atomic E-state index is 0.307. The quantitative estimate of drug-likeness (QED) is 0.748. The third-order valence-electron chi connectivity index (χ3n) is 4.32. The lowest BCUT2D eigenvalue weighted by atomic mass is 10.1. The third kappa shape index (κ3) is 3.54. The van der Waals surface area contributed by atoms with Crippen LogP contribution in [0.2, 0.25) is 0 Å². The van der Waals surface area contributed by atoms with Gasteiger partial charge in [0.1, 0.15) is 0 Å². The van der Waals surface area contributed by atoms with Crippen LogP contribution < -0.4 is 5.73 Å². The highest BCUT2D eigenvalue weighted by Gasteiger charge is 2.23. The van der Waals surface area contributed by atoms with Gasteiger partial charge in [0.15, 0.2) is 0 Å². The molecule has 0 bridgehead atoms. The Morgan fingerprint density at radius 3 is 2.47 bits per heavy atom. The Morgan fingerprint density at radius 1 is 1.24 bits per heavy atom. The first kappa shape index (κ1) is 13.1. The van der Waals surface area contributed by atoms with Gasteiger partial charge < -0.3 is 10.6 Å². The summed E-state index contributed by atoms with van der Waals surface area (Å²) >= 11 is 0. The minimum absolute atomic E-state index is 0.307. The Bertz CT molecular complexity index is 256. The molecule has 1 saturated heterocycles. The van der Waals surface area contributed by atoms with Gasteiger partial charge in [0.05, 0.1) is 0 Å². The van der Waals surface area contributed by atoms with Crippen LogP contribution in [-0.2, 0) is 0 Å². The van der Waals surface area contributed by atoms with E-state index in [0.29, 0.717) is 12.0 Å². The van der Waals surface area contributed by atoms with Crippen molar-refractivity contribution in [3.05, 3.63) is 12.2 Å². The number of nitrogens with zero attached hydrogens (tertiary/aromatic N) is 2. The van der Waals surface area contributed by atoms with Gasteiger partial charge in [0.2, 0.25) is 0 Å². The summed E-state index contributed by atoms with van der Waals surface area (Å²) in [5.41, 5.74) is 5.90. The zero-order chi connectivity index (χ0) is 12.3. The fourth-order valence-corrected chi connectivity index (χ4v) is 2.92. The van der Waals surface area contributed by atoms with Crippen molar-refractivity contribution in [2.75, 3.05) is 32.7 Å². The van der Waals surface area contributed by atoms with E-state index < -0.39 is 0 Å². The Balaban J connectivity index is 1.70. The fourth-order valence-electron chi connectivity index (χ4n) is 2.92. The molecule has 1 fully saturated rings. The maximum absolute atomic E-state index is 5.90. The van der Waals surface area contributed by atoms with E-state index in [1.807, 2.05) is 0 Å². The smallest absolute Gasteiger partial charge is 0.0229 e. The van der Waals surface area contributed by atoms with Crippen molar-refractivity contribution in [2.45, 2.75) is 38.8 Å². The largest absolute Gasteiger partial charge is 0.324 e. The Morgan fingerprint density at radius 2 is 1.94 bits per heavy atom. The number of nitrogens with two attached hydrogens (primary N) is 1. The first-order valence-electron chi connectivity index (χ1n) is 7.09. The van der Waals surface area contributed by atoms with Crippen LogP contribution in [0.25, 0.3) is 0 Å². The van der Waals surface area contributed by atoms with Crippen molar-refractivity contribution in [3.8, 4) is 0 Å². The van der Waals surface area contributed by atoms with E-state index in [9.17, 15) is 0 Å². The van der Waals surface area contributed by atoms with E-state index in [-0.39, 0.29) is 0 Å². The molecule has 3 nitrogen and oxygen atoms in total. The number of rotatable bonds is 4. The maximum Gasteiger partial charge on any atom is 0.0229 e. The molecular formula is C14H27N3. The molecule has 2 aliphatic rings. The molecule has 17 heavy (non-hydrogen) atoms. The predicted molar refractivity (Wildman–Crippen MR) is 73.0 cm³/mol. The monoisotopic (exact) mass is 237 g/mol. The second-order valence-electron chi connectivity index (χ2n) is 5.64. The molecule has 1 aliphatic heterocycles. The van der Waals surface area contributed by atoms with Gasteiger partial charge in [-0.1, -0.05) is 19.1 Å². The number of hydrogen-bond acceptors (Lipinski definition) is 3.